The molecule has 69 heavy (non-hydrogen) atoms. The van der Waals surface area contributed by atoms with Crippen LogP contribution >= 0.6 is 0 Å². The first-order valence-electron chi connectivity index (χ1n) is 22.7. The van der Waals surface area contributed by atoms with Gasteiger partial charge in [-0.05, 0) is 83.1 Å². The normalized spacial score (nSPS) is 12.9. The van der Waals surface area contributed by atoms with Crippen molar-refractivity contribution in [1.29, 1.82) is 0 Å². The first kappa shape index (κ1) is 46.3. The molecule has 2 unspecified atom stereocenters. The predicted octanol–water partition coefficient (Wildman–Crippen LogP) is 10.6. The average molecular weight is 936 g/mol. The highest BCUT2D eigenvalue weighted by Crippen LogP contribution is 2.49. The van der Waals surface area contributed by atoms with Gasteiger partial charge in [-0.2, -0.15) is 4.98 Å². The van der Waals surface area contributed by atoms with E-state index in [0.717, 1.165) is 38.9 Å². The van der Waals surface area contributed by atoms with Crippen LogP contribution in [0.1, 0.15) is 57.3 Å². The number of rotatable bonds is 18. The van der Waals surface area contributed by atoms with Gasteiger partial charge in [-0.25, -0.2) is 13.4 Å². The Morgan fingerprint density at radius 3 is 1.59 bits per heavy atom. The Labute approximate surface area is 402 Å². The van der Waals surface area contributed by atoms with Crippen LogP contribution in [0.3, 0.4) is 0 Å². The van der Waals surface area contributed by atoms with Gasteiger partial charge in [0, 0.05) is 13.0 Å². The van der Waals surface area contributed by atoms with E-state index in [9.17, 15) is 13.2 Å². The molecule has 2 atom stereocenters. The molecule has 7 aromatic carbocycles. The van der Waals surface area contributed by atoms with Gasteiger partial charge in [0.05, 0.1) is 37.2 Å². The number of nitrogens with zero attached hydrogens (tertiary/aromatic N) is 3. The van der Waals surface area contributed by atoms with E-state index in [1.54, 1.807) is 39.8 Å². The van der Waals surface area contributed by atoms with E-state index in [0.29, 0.717) is 11.5 Å². The number of methoxy groups -OCH3 is 3. The fourth-order valence-electron chi connectivity index (χ4n) is 9.65. The second kappa shape index (κ2) is 19.8. The molecule has 9 aromatic rings. The van der Waals surface area contributed by atoms with Gasteiger partial charge < -0.3 is 24.1 Å². The molecular weight excluding hydrogens is 883 g/mol. The quantitative estimate of drug-likeness (QED) is 0.0806. The lowest BCUT2D eigenvalue weighted by Gasteiger charge is -2.43. The summed E-state index contributed by atoms with van der Waals surface area (Å²) >= 11 is 0. The smallest absolute Gasteiger partial charge is 0.280 e. The molecule has 2 aromatic heterocycles. The van der Waals surface area contributed by atoms with E-state index < -0.39 is 38.5 Å². The molecule has 11 nitrogen and oxygen atoms in total. The van der Waals surface area contributed by atoms with Crippen molar-refractivity contribution in [3.05, 3.63) is 250 Å². The van der Waals surface area contributed by atoms with E-state index >= 15 is 0 Å². The number of ether oxygens (including phenoxy) is 3. The van der Waals surface area contributed by atoms with Gasteiger partial charge in [0.2, 0.25) is 5.95 Å². The Morgan fingerprint density at radius 1 is 0.623 bits per heavy atom. The van der Waals surface area contributed by atoms with Crippen LogP contribution in [0.15, 0.2) is 210 Å². The summed E-state index contributed by atoms with van der Waals surface area (Å²) in [4.78, 5) is 27.9. The minimum atomic E-state index is -3.88. The highest BCUT2D eigenvalue weighted by Gasteiger charge is 2.46. The number of aromatic amines is 1. The number of benzene rings is 7. The zero-order valence-electron chi connectivity index (χ0n) is 38.8. The van der Waals surface area contributed by atoms with E-state index in [4.69, 9.17) is 24.2 Å². The number of hydrogen-bond donors (Lipinski definition) is 2. The van der Waals surface area contributed by atoms with E-state index in [-0.39, 0.29) is 34.2 Å². The van der Waals surface area contributed by atoms with Crippen LogP contribution in [0.4, 0.5) is 5.95 Å². The van der Waals surface area contributed by atoms with Crippen molar-refractivity contribution in [3.8, 4) is 11.5 Å². The van der Waals surface area contributed by atoms with Crippen LogP contribution in [0, 0.1) is 6.92 Å². The maximum Gasteiger partial charge on any atom is 0.280 e. The molecule has 0 amide bonds. The molecule has 0 fully saturated rings. The second-order valence-electron chi connectivity index (χ2n) is 17.1. The molecule has 0 spiro atoms. The average Bonchev–Trinajstić information content (AvgIpc) is 3.83. The summed E-state index contributed by atoms with van der Waals surface area (Å²) in [5.74, 6) is 0.622. The minimum absolute atomic E-state index is 0.0967. The Morgan fingerprint density at radius 2 is 1.10 bits per heavy atom. The standard InChI is InChI=1S/C57H53N5O6S/c1-40-25-35-50(36-26-40)69(64,65)38-42(41-27-31-48(66-2)32-28-41)37-51(57(68-4,46-21-13-7-14-22-46)47-23-15-8-16-24-47)62-39-58-52-53(62)59-55(60-54(52)63)61-56(43-17-9-5-10-18-43,44-19-11-6-12-20-44)45-29-33-49(67-3)34-30-45/h5-36,39,42,51H,37-38H2,1-4H3,(H2,59,60,61,63). The maximum absolute atomic E-state index is 14.7. The molecule has 348 valence electrons. The van der Waals surface area contributed by atoms with Crippen molar-refractivity contribution in [1.82, 2.24) is 19.5 Å². The highest BCUT2D eigenvalue weighted by atomic mass is 32.2. The van der Waals surface area contributed by atoms with Gasteiger partial charge in [-0.3, -0.25) is 9.78 Å². The van der Waals surface area contributed by atoms with Crippen molar-refractivity contribution in [3.63, 3.8) is 0 Å². The zero-order chi connectivity index (χ0) is 48.0. The Kier molecular flexibility index (Phi) is 13.3. The first-order valence-corrected chi connectivity index (χ1v) is 24.3. The molecule has 2 heterocycles. The SMILES string of the molecule is COc1ccc(C(CC(n2cnc3c(=O)[nH]c(NC(c4ccccc4)(c4ccccc4)c4ccc(OC)cc4)nc32)C(OC)(c2ccccc2)c2ccccc2)CS(=O)(=O)c2ccc(C)cc2)cc1. The Bertz CT molecular complexity index is 3220. The summed E-state index contributed by atoms with van der Waals surface area (Å²) in [5, 5.41) is 3.74. The lowest BCUT2D eigenvalue weighted by Crippen LogP contribution is -2.41. The maximum atomic E-state index is 14.7. The van der Waals surface area contributed by atoms with Crippen LogP contribution in [-0.4, -0.2) is 55.0 Å². The van der Waals surface area contributed by atoms with Gasteiger partial charge in [0.15, 0.2) is 21.0 Å². The van der Waals surface area contributed by atoms with Crippen molar-refractivity contribution < 1.29 is 22.6 Å². The first-order chi connectivity index (χ1) is 33.6. The van der Waals surface area contributed by atoms with Crippen molar-refractivity contribution in [2.45, 2.75) is 41.3 Å². The lowest BCUT2D eigenvalue weighted by atomic mass is 9.75. The van der Waals surface area contributed by atoms with Crippen LogP contribution in [0.2, 0.25) is 0 Å². The number of nitrogens with one attached hydrogen (secondary N) is 2. The molecule has 0 aliphatic rings. The van der Waals surface area contributed by atoms with Gasteiger partial charge in [-0.15, -0.1) is 0 Å². The largest absolute Gasteiger partial charge is 0.497 e. The molecule has 12 heteroatoms. The zero-order valence-corrected chi connectivity index (χ0v) is 39.6. The van der Waals surface area contributed by atoms with E-state index in [2.05, 4.69) is 10.3 Å². The third-order valence-corrected chi connectivity index (χ3v) is 14.9. The van der Waals surface area contributed by atoms with E-state index in [1.165, 1.54) is 0 Å². The highest BCUT2D eigenvalue weighted by molar-refractivity contribution is 7.91. The van der Waals surface area contributed by atoms with Crippen molar-refractivity contribution in [2.75, 3.05) is 32.4 Å². The fourth-order valence-corrected chi connectivity index (χ4v) is 11.2. The van der Waals surface area contributed by atoms with Crippen LogP contribution in [-0.2, 0) is 25.7 Å². The number of imidazole rings is 1. The second-order valence-corrected chi connectivity index (χ2v) is 19.1. The summed E-state index contributed by atoms with van der Waals surface area (Å²) < 4.78 is 49.2. The number of aryl methyl sites for hydroxylation is 1. The summed E-state index contributed by atoms with van der Waals surface area (Å²) in [5.41, 5.74) is 3.47. The van der Waals surface area contributed by atoms with Crippen LogP contribution < -0.4 is 20.3 Å². The monoisotopic (exact) mass is 935 g/mol. The molecule has 0 aliphatic heterocycles. The number of aromatic nitrogens is 4. The van der Waals surface area contributed by atoms with Crippen LogP contribution in [0.5, 0.6) is 11.5 Å². The Balaban J connectivity index is 1.29. The third-order valence-electron chi connectivity index (χ3n) is 13.1. The molecule has 0 bridgehead atoms. The molecule has 0 saturated carbocycles. The lowest BCUT2D eigenvalue weighted by molar-refractivity contribution is -0.0276. The third kappa shape index (κ3) is 9.04. The summed E-state index contributed by atoms with van der Waals surface area (Å²) in [6.07, 6.45) is 1.80. The summed E-state index contributed by atoms with van der Waals surface area (Å²) in [7, 11) is 1.01. The molecule has 0 radical (unpaired) electrons. The molecule has 0 saturated heterocycles. The number of sulfone groups is 1. The summed E-state index contributed by atoms with van der Waals surface area (Å²) in [6, 6.07) is 61.2. The van der Waals surface area contributed by atoms with E-state index in [1.807, 2.05) is 193 Å². The predicted molar refractivity (Wildman–Crippen MR) is 271 cm³/mol. The topological polar surface area (TPSA) is 137 Å². The van der Waals surface area contributed by atoms with Gasteiger partial charge in [0.25, 0.3) is 5.56 Å². The number of hydrogen-bond acceptors (Lipinski definition) is 9. The fraction of sp³-hybridized carbons (Fsp3) is 0.175. The Hall–Kier alpha value is -7.80. The minimum Gasteiger partial charge on any atom is -0.497 e. The summed E-state index contributed by atoms with van der Waals surface area (Å²) in [6.45, 7) is 1.93. The van der Waals surface area contributed by atoms with Gasteiger partial charge in [-0.1, -0.05) is 163 Å². The number of anilines is 1. The molecule has 0 aliphatic carbocycles. The van der Waals surface area contributed by atoms with Gasteiger partial charge in [0.1, 0.15) is 22.6 Å². The number of fused-ring (bicyclic) bond motifs is 1. The van der Waals surface area contributed by atoms with Gasteiger partial charge >= 0.3 is 0 Å². The van der Waals surface area contributed by atoms with Crippen molar-refractivity contribution >= 4 is 26.9 Å². The van der Waals surface area contributed by atoms with Crippen LogP contribution in [0.25, 0.3) is 11.2 Å². The molecule has 2 N–H and O–H groups in total. The number of H-pyrrole nitrogens is 1. The molecule has 9 rings (SSSR count). The van der Waals surface area contributed by atoms with Crippen molar-refractivity contribution in [2.24, 2.45) is 0 Å². The molecular formula is C57H53N5O6S.